The fourth-order valence-corrected chi connectivity index (χ4v) is 3.37. The Morgan fingerprint density at radius 3 is 2.58 bits per heavy atom. The van der Waals surface area contributed by atoms with Crippen molar-refractivity contribution in [1.82, 2.24) is 9.38 Å². The summed E-state index contributed by atoms with van der Waals surface area (Å²) < 4.78 is 14.5. The minimum Gasteiger partial charge on any atom is -0.382 e. The Balaban J connectivity index is 1.49. The van der Waals surface area contributed by atoms with Crippen LogP contribution in [0.5, 0.6) is 0 Å². The molecule has 0 unspecified atom stereocenters. The van der Waals surface area contributed by atoms with Crippen molar-refractivity contribution >= 4 is 23.0 Å². The number of rotatable bonds is 4. The molecule has 0 bridgehead atoms. The first-order chi connectivity index (χ1) is 12.6. The van der Waals surface area contributed by atoms with Crippen LogP contribution in [0.15, 0.2) is 48.7 Å². The van der Waals surface area contributed by atoms with Gasteiger partial charge in [0.1, 0.15) is 5.82 Å². The van der Waals surface area contributed by atoms with Crippen molar-refractivity contribution in [2.75, 3.05) is 23.3 Å². The summed E-state index contributed by atoms with van der Waals surface area (Å²) in [7, 11) is 0. The second kappa shape index (κ2) is 6.62. The highest BCUT2D eigenvalue weighted by atomic mass is 19.1. The Morgan fingerprint density at radius 1 is 1.15 bits per heavy atom. The van der Waals surface area contributed by atoms with Crippen LogP contribution in [-0.2, 0) is 0 Å². The second-order valence-electron chi connectivity index (χ2n) is 6.36. The molecule has 26 heavy (non-hydrogen) atoms. The van der Waals surface area contributed by atoms with E-state index in [9.17, 15) is 14.5 Å². The van der Waals surface area contributed by atoms with Crippen molar-refractivity contribution in [3.05, 3.63) is 64.6 Å². The number of nitrogens with zero attached hydrogens (tertiary/aromatic N) is 4. The second-order valence-corrected chi connectivity index (χ2v) is 6.36. The zero-order valence-corrected chi connectivity index (χ0v) is 14.0. The summed E-state index contributed by atoms with van der Waals surface area (Å²) in [6.07, 6.45) is 3.30. The van der Waals surface area contributed by atoms with Crippen LogP contribution in [-0.4, -0.2) is 33.4 Å². The molecule has 3 aromatic rings. The lowest BCUT2D eigenvalue weighted by Crippen LogP contribution is -2.39. The largest absolute Gasteiger partial charge is 0.382 e. The monoisotopic (exact) mass is 355 g/mol. The van der Waals surface area contributed by atoms with Crippen molar-refractivity contribution in [1.29, 1.82) is 0 Å². The first-order valence-corrected chi connectivity index (χ1v) is 8.50. The number of piperidine rings is 1. The molecule has 8 heteroatoms. The van der Waals surface area contributed by atoms with E-state index in [1.165, 1.54) is 16.5 Å². The standard InChI is InChI=1S/C18H18FN5O2/c19-13-4-6-14(7-5-13)20-15-8-11-22(12-9-15)17-18(24(25)26)23-10-2-1-3-16(23)21-17/h1-7,10,15,20H,8-9,11-12H2. The average molecular weight is 355 g/mol. The highest BCUT2D eigenvalue weighted by Crippen LogP contribution is 2.31. The van der Waals surface area contributed by atoms with E-state index in [2.05, 4.69) is 10.3 Å². The zero-order valence-electron chi connectivity index (χ0n) is 14.0. The van der Waals surface area contributed by atoms with E-state index in [-0.39, 0.29) is 22.6 Å². The van der Waals surface area contributed by atoms with Crippen molar-refractivity contribution in [2.24, 2.45) is 0 Å². The molecule has 0 saturated carbocycles. The number of pyridine rings is 1. The van der Waals surface area contributed by atoms with E-state index < -0.39 is 0 Å². The van der Waals surface area contributed by atoms with E-state index in [0.29, 0.717) is 24.6 Å². The number of fused-ring (bicyclic) bond motifs is 1. The molecule has 0 radical (unpaired) electrons. The van der Waals surface area contributed by atoms with Crippen LogP contribution >= 0.6 is 0 Å². The van der Waals surface area contributed by atoms with Gasteiger partial charge in [0, 0.05) is 30.9 Å². The van der Waals surface area contributed by atoms with Gasteiger partial charge in [-0.15, -0.1) is 0 Å². The molecule has 2 aromatic heterocycles. The van der Waals surface area contributed by atoms with Gasteiger partial charge in [-0.1, -0.05) is 6.07 Å². The number of benzene rings is 1. The fourth-order valence-electron chi connectivity index (χ4n) is 3.37. The number of hydrogen-bond acceptors (Lipinski definition) is 5. The van der Waals surface area contributed by atoms with E-state index in [0.717, 1.165) is 18.5 Å². The molecule has 1 fully saturated rings. The molecule has 4 rings (SSSR count). The molecule has 1 saturated heterocycles. The van der Waals surface area contributed by atoms with Crippen molar-refractivity contribution in [3.8, 4) is 0 Å². The topological polar surface area (TPSA) is 75.7 Å². The third kappa shape index (κ3) is 3.05. The van der Waals surface area contributed by atoms with Gasteiger partial charge < -0.3 is 20.3 Å². The van der Waals surface area contributed by atoms with Crippen molar-refractivity contribution < 1.29 is 9.31 Å². The molecule has 1 aromatic carbocycles. The number of aromatic nitrogens is 2. The summed E-state index contributed by atoms with van der Waals surface area (Å²) in [6, 6.07) is 11.9. The fraction of sp³-hybridized carbons (Fsp3) is 0.278. The summed E-state index contributed by atoms with van der Waals surface area (Å²) in [5.74, 6) is 0.163. The predicted molar refractivity (Wildman–Crippen MR) is 97.1 cm³/mol. The molecular formula is C18H18FN5O2. The number of halogens is 1. The van der Waals surface area contributed by atoms with Crippen molar-refractivity contribution in [2.45, 2.75) is 18.9 Å². The molecule has 0 atom stereocenters. The molecule has 1 aliphatic heterocycles. The Hall–Kier alpha value is -3.16. The van der Waals surface area contributed by atoms with Gasteiger partial charge in [-0.2, -0.15) is 9.38 Å². The van der Waals surface area contributed by atoms with Crippen LogP contribution < -0.4 is 10.2 Å². The molecule has 134 valence electrons. The first-order valence-electron chi connectivity index (χ1n) is 8.50. The molecule has 3 heterocycles. The summed E-state index contributed by atoms with van der Waals surface area (Å²) in [4.78, 5) is 17.6. The molecular weight excluding hydrogens is 337 g/mol. The highest BCUT2D eigenvalue weighted by molar-refractivity contribution is 5.63. The van der Waals surface area contributed by atoms with Crippen LogP contribution in [0.1, 0.15) is 12.8 Å². The molecule has 1 N–H and O–H groups in total. The maximum Gasteiger partial charge on any atom is 0.372 e. The zero-order chi connectivity index (χ0) is 18.1. The third-order valence-corrected chi connectivity index (χ3v) is 4.67. The predicted octanol–water partition coefficient (Wildman–Crippen LogP) is 3.46. The van der Waals surface area contributed by atoms with Gasteiger partial charge in [0.2, 0.25) is 11.5 Å². The number of nitrogens with one attached hydrogen (secondary N) is 1. The Labute approximate surface area is 149 Å². The van der Waals surface area contributed by atoms with E-state index >= 15 is 0 Å². The van der Waals surface area contributed by atoms with Gasteiger partial charge in [-0.25, -0.2) is 4.39 Å². The van der Waals surface area contributed by atoms with E-state index in [4.69, 9.17) is 0 Å². The minimum atomic E-state index is -0.377. The van der Waals surface area contributed by atoms with Crippen molar-refractivity contribution in [3.63, 3.8) is 0 Å². The minimum absolute atomic E-state index is 0.00513. The summed E-state index contributed by atoms with van der Waals surface area (Å²) >= 11 is 0. The third-order valence-electron chi connectivity index (χ3n) is 4.67. The van der Waals surface area contributed by atoms with E-state index in [1.807, 2.05) is 11.0 Å². The van der Waals surface area contributed by atoms with Gasteiger partial charge in [0.05, 0.1) is 6.20 Å². The lowest BCUT2D eigenvalue weighted by Gasteiger charge is -2.32. The van der Waals surface area contributed by atoms with Gasteiger partial charge in [-0.3, -0.25) is 0 Å². The maximum atomic E-state index is 13.0. The lowest BCUT2D eigenvalue weighted by molar-refractivity contribution is -0.389. The normalized spacial score (nSPS) is 15.3. The summed E-state index contributed by atoms with van der Waals surface area (Å²) in [6.45, 7) is 1.34. The molecule has 0 spiro atoms. The number of imidazole rings is 1. The summed E-state index contributed by atoms with van der Waals surface area (Å²) in [5, 5.41) is 14.9. The lowest BCUT2D eigenvalue weighted by atomic mass is 10.0. The van der Waals surface area contributed by atoms with Crippen LogP contribution in [0.3, 0.4) is 0 Å². The highest BCUT2D eigenvalue weighted by Gasteiger charge is 2.29. The van der Waals surface area contributed by atoms with E-state index in [1.54, 1.807) is 30.5 Å². The molecule has 1 aliphatic rings. The Bertz CT molecular complexity index is 932. The van der Waals surface area contributed by atoms with Crippen LogP contribution in [0.2, 0.25) is 0 Å². The Kier molecular flexibility index (Phi) is 4.16. The SMILES string of the molecule is O=[N+]([O-])c1c(N2CCC(Nc3ccc(F)cc3)CC2)nc2ccccn12. The molecule has 0 aliphatic carbocycles. The number of nitro groups is 1. The average Bonchev–Trinajstić information content (AvgIpc) is 3.04. The summed E-state index contributed by atoms with van der Waals surface area (Å²) in [5.41, 5.74) is 1.45. The molecule has 7 nitrogen and oxygen atoms in total. The van der Waals surface area contributed by atoms with Crippen LogP contribution in [0.25, 0.3) is 5.65 Å². The number of anilines is 2. The smallest absolute Gasteiger partial charge is 0.372 e. The quantitative estimate of drug-likeness (QED) is 0.573. The van der Waals surface area contributed by atoms with Crippen LogP contribution in [0.4, 0.5) is 21.7 Å². The number of hydrogen-bond donors (Lipinski definition) is 1. The maximum absolute atomic E-state index is 13.0. The van der Waals surface area contributed by atoms with Gasteiger partial charge in [0.25, 0.3) is 0 Å². The Morgan fingerprint density at radius 2 is 1.88 bits per heavy atom. The van der Waals surface area contributed by atoms with Gasteiger partial charge >= 0.3 is 5.82 Å². The first kappa shape index (κ1) is 16.3. The molecule has 0 amide bonds. The van der Waals surface area contributed by atoms with Gasteiger partial charge in [-0.05, 0) is 48.1 Å². The van der Waals surface area contributed by atoms with Crippen LogP contribution in [0, 0.1) is 15.9 Å². The van der Waals surface area contributed by atoms with Gasteiger partial charge in [0.15, 0.2) is 0 Å².